The number of hydrogen-bond acceptors (Lipinski definition) is 2. The van der Waals surface area contributed by atoms with Gasteiger partial charge >= 0.3 is 0 Å². The van der Waals surface area contributed by atoms with Gasteiger partial charge in [-0.25, -0.2) is 0 Å². The Hall–Kier alpha value is -1.08. The second-order valence-corrected chi connectivity index (χ2v) is 7.97. The second-order valence-electron chi connectivity index (χ2n) is 6.94. The van der Waals surface area contributed by atoms with E-state index in [4.69, 9.17) is 0 Å². The van der Waals surface area contributed by atoms with Crippen molar-refractivity contribution in [1.82, 2.24) is 10.2 Å². The number of nitrogens with one attached hydrogen (secondary N) is 1. The van der Waals surface area contributed by atoms with Gasteiger partial charge in [0.1, 0.15) is 0 Å². The number of nitrogens with zero attached hydrogens (tertiary/aromatic N) is 2. The van der Waals surface area contributed by atoms with E-state index in [0.29, 0.717) is 0 Å². The molecule has 2 aromatic rings. The number of halogens is 1. The fourth-order valence-electron chi connectivity index (χ4n) is 4.19. The molecule has 1 saturated carbocycles. The van der Waals surface area contributed by atoms with Crippen LogP contribution in [0, 0.1) is 11.8 Å². The van der Waals surface area contributed by atoms with Crippen LogP contribution in [0.5, 0.6) is 0 Å². The highest BCUT2D eigenvalue weighted by molar-refractivity contribution is 14.0. The van der Waals surface area contributed by atoms with E-state index >= 15 is 0 Å². The van der Waals surface area contributed by atoms with E-state index in [9.17, 15) is 0 Å². The first kappa shape index (κ1) is 18.7. The summed E-state index contributed by atoms with van der Waals surface area (Å²) in [5.74, 6) is 3.43. The van der Waals surface area contributed by atoms with E-state index < -0.39 is 0 Å². The zero-order valence-corrected chi connectivity index (χ0v) is 18.0. The lowest BCUT2D eigenvalue weighted by Crippen LogP contribution is -2.41. The number of fused-ring (bicyclic) bond motifs is 3. The summed E-state index contributed by atoms with van der Waals surface area (Å²) in [4.78, 5) is 8.14. The predicted molar refractivity (Wildman–Crippen MR) is 117 cm³/mol. The van der Waals surface area contributed by atoms with Gasteiger partial charge in [0.05, 0.1) is 0 Å². The fourth-order valence-corrected chi connectivity index (χ4v) is 4.89. The van der Waals surface area contributed by atoms with Crippen molar-refractivity contribution in [3.63, 3.8) is 0 Å². The third-order valence-electron chi connectivity index (χ3n) is 5.54. The largest absolute Gasteiger partial charge is 0.356 e. The van der Waals surface area contributed by atoms with E-state index in [1.54, 1.807) is 11.1 Å². The Morgan fingerprint density at radius 3 is 2.88 bits per heavy atom. The highest BCUT2D eigenvalue weighted by atomic mass is 127. The number of thiophene rings is 1. The molecule has 0 amide bonds. The quantitative estimate of drug-likeness (QED) is 0.409. The molecular formula is C20H26IN3S. The zero-order valence-electron chi connectivity index (χ0n) is 14.8. The first-order valence-corrected chi connectivity index (χ1v) is 9.68. The Morgan fingerprint density at radius 2 is 2.12 bits per heavy atom. The van der Waals surface area contributed by atoms with Gasteiger partial charge in [-0.05, 0) is 53.2 Å². The minimum Gasteiger partial charge on any atom is -0.356 e. The van der Waals surface area contributed by atoms with Crippen LogP contribution >= 0.6 is 35.3 Å². The lowest BCUT2D eigenvalue weighted by Gasteiger charge is -2.22. The van der Waals surface area contributed by atoms with Gasteiger partial charge in [0.2, 0.25) is 0 Å². The molecule has 3 atom stereocenters. The molecule has 2 aliphatic carbocycles. The van der Waals surface area contributed by atoms with Crippen molar-refractivity contribution in [2.45, 2.75) is 18.8 Å². The van der Waals surface area contributed by atoms with Gasteiger partial charge in [-0.2, -0.15) is 0 Å². The Bertz CT molecular complexity index is 728. The average Bonchev–Trinajstić information content (AvgIpc) is 2.97. The van der Waals surface area contributed by atoms with Crippen LogP contribution in [0.4, 0.5) is 0 Å². The lowest BCUT2D eigenvalue weighted by molar-refractivity contribution is 0.481. The van der Waals surface area contributed by atoms with Gasteiger partial charge in [0.15, 0.2) is 5.96 Å². The van der Waals surface area contributed by atoms with Gasteiger partial charge in [-0.3, -0.25) is 4.99 Å². The summed E-state index contributed by atoms with van der Waals surface area (Å²) in [6.07, 6.45) is 2.34. The third-order valence-corrected chi connectivity index (χ3v) is 6.48. The van der Waals surface area contributed by atoms with E-state index in [1.165, 1.54) is 11.3 Å². The molecule has 1 heterocycles. The second kappa shape index (κ2) is 8.08. The van der Waals surface area contributed by atoms with Crippen molar-refractivity contribution < 1.29 is 0 Å². The van der Waals surface area contributed by atoms with Crippen molar-refractivity contribution in [2.75, 3.05) is 27.2 Å². The van der Waals surface area contributed by atoms with Crippen LogP contribution in [0.3, 0.4) is 0 Å². The molecule has 5 heteroatoms. The summed E-state index contributed by atoms with van der Waals surface area (Å²) in [7, 11) is 4.01. The molecule has 3 unspecified atom stereocenters. The first-order valence-electron chi connectivity index (χ1n) is 8.80. The predicted octanol–water partition coefficient (Wildman–Crippen LogP) is 4.00. The molecule has 0 spiro atoms. The normalized spacial score (nSPS) is 23.4. The van der Waals surface area contributed by atoms with Gasteiger partial charge in [-0.15, -0.1) is 35.3 Å². The molecule has 0 bridgehead atoms. The fraction of sp³-hybridized carbons (Fsp3) is 0.450. The topological polar surface area (TPSA) is 27.6 Å². The molecule has 25 heavy (non-hydrogen) atoms. The summed E-state index contributed by atoms with van der Waals surface area (Å²) in [5.41, 5.74) is 3.16. The van der Waals surface area contributed by atoms with E-state index in [1.807, 2.05) is 18.4 Å². The number of rotatable bonds is 5. The van der Waals surface area contributed by atoms with Crippen LogP contribution in [0.1, 0.15) is 21.9 Å². The van der Waals surface area contributed by atoms with Crippen molar-refractivity contribution in [1.29, 1.82) is 0 Å². The highest BCUT2D eigenvalue weighted by Crippen LogP contribution is 2.60. The maximum atomic E-state index is 4.46. The molecule has 3 nitrogen and oxygen atoms in total. The number of hydrogen-bond donors (Lipinski definition) is 1. The van der Waals surface area contributed by atoms with Gasteiger partial charge in [0.25, 0.3) is 0 Å². The van der Waals surface area contributed by atoms with Crippen LogP contribution in [0.2, 0.25) is 0 Å². The van der Waals surface area contributed by atoms with Crippen molar-refractivity contribution in [3.8, 4) is 0 Å². The summed E-state index contributed by atoms with van der Waals surface area (Å²) in [6, 6.07) is 13.3. The lowest BCUT2D eigenvalue weighted by atomic mass is 10.0. The molecule has 2 aliphatic rings. The third kappa shape index (κ3) is 3.87. The number of likely N-dealkylation sites (N-methyl/N-ethyl adjacent to an activating group) is 1. The van der Waals surface area contributed by atoms with Crippen LogP contribution in [-0.4, -0.2) is 38.0 Å². The maximum absolute atomic E-state index is 4.46. The monoisotopic (exact) mass is 467 g/mol. The Balaban J connectivity index is 0.00000182. The number of benzene rings is 1. The summed E-state index contributed by atoms with van der Waals surface area (Å²) < 4.78 is 0. The molecule has 134 valence electrons. The average molecular weight is 467 g/mol. The molecule has 0 radical (unpaired) electrons. The highest BCUT2D eigenvalue weighted by Gasteiger charge is 2.54. The maximum Gasteiger partial charge on any atom is 0.193 e. The molecule has 0 aliphatic heterocycles. The Morgan fingerprint density at radius 1 is 1.28 bits per heavy atom. The smallest absolute Gasteiger partial charge is 0.193 e. The molecule has 1 N–H and O–H groups in total. The van der Waals surface area contributed by atoms with Gasteiger partial charge < -0.3 is 10.2 Å². The summed E-state index contributed by atoms with van der Waals surface area (Å²) in [6.45, 7) is 2.04. The molecule has 4 rings (SSSR count). The standard InChI is InChI=1S/C20H25N3S.HI/c1-21-20(23(2)10-9-15-7-5-11-24-15)22-13-18-17-12-14-6-3-4-8-16(14)19(17)18;/h3-8,11,17-19H,9-10,12-13H2,1-2H3,(H,21,22);1H. The molecular weight excluding hydrogens is 441 g/mol. The Kier molecular flexibility index (Phi) is 6.04. The summed E-state index contributed by atoms with van der Waals surface area (Å²) in [5, 5.41) is 5.74. The van der Waals surface area contributed by atoms with Crippen LogP contribution < -0.4 is 5.32 Å². The molecule has 1 fully saturated rings. The summed E-state index contributed by atoms with van der Waals surface area (Å²) >= 11 is 1.83. The van der Waals surface area contributed by atoms with Gasteiger partial charge in [-0.1, -0.05) is 30.3 Å². The Labute approximate surface area is 171 Å². The van der Waals surface area contributed by atoms with Crippen LogP contribution in [0.15, 0.2) is 46.8 Å². The minimum atomic E-state index is 0. The van der Waals surface area contributed by atoms with Crippen molar-refractivity contribution in [3.05, 3.63) is 57.8 Å². The first-order chi connectivity index (χ1) is 11.8. The van der Waals surface area contributed by atoms with E-state index in [0.717, 1.165) is 43.2 Å². The van der Waals surface area contributed by atoms with E-state index in [2.05, 4.69) is 64.0 Å². The van der Waals surface area contributed by atoms with Crippen molar-refractivity contribution in [2.24, 2.45) is 16.8 Å². The zero-order chi connectivity index (χ0) is 16.5. The van der Waals surface area contributed by atoms with E-state index in [-0.39, 0.29) is 24.0 Å². The van der Waals surface area contributed by atoms with Gasteiger partial charge in [0, 0.05) is 32.1 Å². The van der Waals surface area contributed by atoms with Crippen LogP contribution in [0.25, 0.3) is 0 Å². The molecule has 0 saturated heterocycles. The SMILES string of the molecule is CN=C(NCC1C2Cc3ccccc3C12)N(C)CCc1cccs1.I. The van der Waals surface area contributed by atoms with Crippen LogP contribution in [-0.2, 0) is 12.8 Å². The molecule has 1 aromatic heterocycles. The molecule has 1 aromatic carbocycles. The number of guanidine groups is 1. The number of aliphatic imine (C=N–C) groups is 1. The van der Waals surface area contributed by atoms with Crippen molar-refractivity contribution >= 4 is 41.3 Å². The minimum absolute atomic E-state index is 0.